The molecule has 5 atom stereocenters. The van der Waals surface area contributed by atoms with Gasteiger partial charge < -0.3 is 6.15 Å². The van der Waals surface area contributed by atoms with E-state index < -0.39 is 46.7 Å². The SMILES string of the molecule is CCCCCCCCCCCCCCCCCCCCC(C(F)C(F)C(F)C(F)CCCCCCCF)S(=O)(=O)O.N. The molecule has 0 amide bonds. The topological polar surface area (TPSA) is 89.4 Å². The lowest BCUT2D eigenvalue weighted by Gasteiger charge is -2.25. The van der Waals surface area contributed by atoms with Gasteiger partial charge in [0, 0.05) is 0 Å². The second kappa shape index (κ2) is 29.2. The lowest BCUT2D eigenvalue weighted by molar-refractivity contribution is 0.0259. The van der Waals surface area contributed by atoms with Crippen molar-refractivity contribution in [3.05, 3.63) is 0 Å². The molecule has 0 aliphatic heterocycles. The van der Waals surface area contributed by atoms with Crippen LogP contribution >= 0.6 is 0 Å². The molecule has 0 radical (unpaired) electrons. The summed E-state index contributed by atoms with van der Waals surface area (Å²) < 4.78 is 102. The molecule has 4 N–H and O–H groups in total. The van der Waals surface area contributed by atoms with Crippen LogP contribution in [0.5, 0.6) is 0 Å². The van der Waals surface area contributed by atoms with Gasteiger partial charge in [-0.2, -0.15) is 8.42 Å². The molecule has 10 heteroatoms. The van der Waals surface area contributed by atoms with Crippen molar-refractivity contribution in [2.24, 2.45) is 0 Å². The summed E-state index contributed by atoms with van der Waals surface area (Å²) >= 11 is 0. The number of unbranched alkanes of at least 4 members (excludes halogenated alkanes) is 21. The summed E-state index contributed by atoms with van der Waals surface area (Å²) in [4.78, 5) is 0. The third-order valence-electron chi connectivity index (χ3n) is 8.15. The van der Waals surface area contributed by atoms with Crippen LogP contribution in [0.15, 0.2) is 0 Å². The van der Waals surface area contributed by atoms with Crippen LogP contribution in [0.1, 0.15) is 167 Å². The predicted molar refractivity (Wildman–Crippen MR) is 167 cm³/mol. The normalized spacial score (nSPS) is 15.6. The van der Waals surface area contributed by atoms with Crippen LogP contribution in [0, 0.1) is 0 Å². The highest BCUT2D eigenvalue weighted by Crippen LogP contribution is 2.28. The zero-order valence-corrected chi connectivity index (χ0v) is 27.4. The molecule has 0 rings (SSSR count). The van der Waals surface area contributed by atoms with Crippen molar-refractivity contribution >= 4 is 10.1 Å². The molecule has 0 saturated carbocycles. The quantitative estimate of drug-likeness (QED) is 0.0449. The zero-order chi connectivity index (χ0) is 30.8. The molecule has 0 aromatic carbocycles. The molecule has 0 aliphatic rings. The number of hydrogen-bond donors (Lipinski definition) is 2. The Bertz CT molecular complexity index is 675. The standard InChI is InChI=1S/C32H61F5O3S.H3N/c1-2-3-4-5-6-7-8-9-10-11-12-13-14-15-16-17-20-23-26-29(41(38,39)40)31(36)32(37)30(35)28(34)25-22-19-18-21-24-27-33;/h28-32H,2-27H2,1H3,(H,38,39,40);1H3. The van der Waals surface area contributed by atoms with Crippen molar-refractivity contribution in [3.63, 3.8) is 0 Å². The second-order valence-electron chi connectivity index (χ2n) is 11.9. The van der Waals surface area contributed by atoms with E-state index in [2.05, 4.69) is 6.92 Å². The Kier molecular flexibility index (Phi) is 30.4. The Hall–Kier alpha value is -0.480. The van der Waals surface area contributed by atoms with E-state index in [-0.39, 0.29) is 31.8 Å². The first-order valence-corrected chi connectivity index (χ1v) is 18.3. The van der Waals surface area contributed by atoms with Crippen LogP contribution in [0.4, 0.5) is 22.0 Å². The Morgan fingerprint density at radius 1 is 0.500 bits per heavy atom. The third-order valence-corrected chi connectivity index (χ3v) is 9.41. The molecular formula is C32H64F5NO3S. The molecule has 0 aromatic heterocycles. The summed E-state index contributed by atoms with van der Waals surface area (Å²) in [5, 5.41) is -2.11. The summed E-state index contributed by atoms with van der Waals surface area (Å²) in [6, 6.07) is 0. The molecular weight excluding hydrogens is 573 g/mol. The minimum atomic E-state index is -4.96. The average Bonchev–Trinajstić information content (AvgIpc) is 2.94. The molecule has 42 heavy (non-hydrogen) atoms. The van der Waals surface area contributed by atoms with Gasteiger partial charge in [-0.1, -0.05) is 148 Å². The first-order valence-electron chi connectivity index (χ1n) is 16.7. The van der Waals surface area contributed by atoms with Crippen LogP contribution in [-0.2, 0) is 10.1 Å². The van der Waals surface area contributed by atoms with Gasteiger partial charge in [-0.25, -0.2) is 17.6 Å². The van der Waals surface area contributed by atoms with E-state index in [0.29, 0.717) is 32.1 Å². The third kappa shape index (κ3) is 23.9. The van der Waals surface area contributed by atoms with Crippen molar-refractivity contribution < 1.29 is 34.9 Å². The summed E-state index contributed by atoms with van der Waals surface area (Å²) in [5.74, 6) is 0. The number of halogens is 5. The smallest absolute Gasteiger partial charge is 0.270 e. The van der Waals surface area contributed by atoms with Gasteiger partial charge in [-0.3, -0.25) is 8.94 Å². The van der Waals surface area contributed by atoms with Crippen LogP contribution in [0.25, 0.3) is 0 Å². The van der Waals surface area contributed by atoms with Crippen LogP contribution < -0.4 is 6.15 Å². The van der Waals surface area contributed by atoms with Gasteiger partial charge in [0.15, 0.2) is 18.5 Å². The van der Waals surface area contributed by atoms with Gasteiger partial charge in [-0.05, 0) is 19.3 Å². The molecule has 4 nitrogen and oxygen atoms in total. The number of alkyl halides is 5. The van der Waals surface area contributed by atoms with Crippen molar-refractivity contribution in [2.75, 3.05) is 6.67 Å². The lowest BCUT2D eigenvalue weighted by Crippen LogP contribution is -2.44. The van der Waals surface area contributed by atoms with E-state index >= 15 is 0 Å². The molecule has 0 fully saturated rings. The molecule has 0 saturated heterocycles. The molecule has 0 spiro atoms. The fraction of sp³-hybridized carbons (Fsp3) is 1.00. The summed E-state index contributed by atoms with van der Waals surface area (Å²) in [7, 11) is -4.96. The summed E-state index contributed by atoms with van der Waals surface area (Å²) in [5.41, 5.74) is 0. The van der Waals surface area contributed by atoms with E-state index in [0.717, 1.165) is 25.7 Å². The summed E-state index contributed by atoms with van der Waals surface area (Å²) in [6.07, 6.45) is 11.5. The monoisotopic (exact) mass is 637 g/mol. The van der Waals surface area contributed by atoms with Gasteiger partial charge in [-0.15, -0.1) is 0 Å². The summed E-state index contributed by atoms with van der Waals surface area (Å²) in [6.45, 7) is 1.80. The molecule has 0 bridgehead atoms. The van der Waals surface area contributed by atoms with Gasteiger partial charge in [0.05, 0.1) is 6.67 Å². The van der Waals surface area contributed by atoms with E-state index in [1.165, 1.54) is 77.0 Å². The Balaban J connectivity index is 0. The maximum absolute atomic E-state index is 14.7. The number of rotatable bonds is 31. The molecule has 256 valence electrons. The Morgan fingerprint density at radius 2 is 0.833 bits per heavy atom. The largest absolute Gasteiger partial charge is 0.344 e. The van der Waals surface area contributed by atoms with Crippen LogP contribution in [-0.4, -0.2) is 49.6 Å². The minimum Gasteiger partial charge on any atom is -0.344 e. The lowest BCUT2D eigenvalue weighted by atomic mass is 9.98. The molecule has 5 unspecified atom stereocenters. The average molecular weight is 638 g/mol. The van der Waals surface area contributed by atoms with Crippen LogP contribution in [0.2, 0.25) is 0 Å². The molecule has 0 aliphatic carbocycles. The maximum Gasteiger partial charge on any atom is 0.270 e. The minimum absolute atomic E-state index is 0. The van der Waals surface area contributed by atoms with Gasteiger partial charge >= 0.3 is 0 Å². The first-order chi connectivity index (χ1) is 19.7. The van der Waals surface area contributed by atoms with Gasteiger partial charge in [0.1, 0.15) is 11.4 Å². The van der Waals surface area contributed by atoms with Crippen LogP contribution in [0.3, 0.4) is 0 Å². The predicted octanol–water partition coefficient (Wildman–Crippen LogP) is 11.5. The fourth-order valence-corrected chi connectivity index (χ4v) is 6.37. The highest BCUT2D eigenvalue weighted by Gasteiger charge is 2.44. The van der Waals surface area contributed by atoms with Crippen molar-refractivity contribution in [2.45, 2.75) is 197 Å². The van der Waals surface area contributed by atoms with Crippen molar-refractivity contribution in [1.82, 2.24) is 6.15 Å². The highest BCUT2D eigenvalue weighted by atomic mass is 32.2. The van der Waals surface area contributed by atoms with E-state index in [9.17, 15) is 34.9 Å². The maximum atomic E-state index is 14.7. The number of hydrogen-bond acceptors (Lipinski definition) is 3. The van der Waals surface area contributed by atoms with E-state index in [4.69, 9.17) is 0 Å². The second-order valence-corrected chi connectivity index (χ2v) is 13.6. The Morgan fingerprint density at radius 3 is 1.19 bits per heavy atom. The molecule has 0 heterocycles. The highest BCUT2D eigenvalue weighted by molar-refractivity contribution is 7.86. The zero-order valence-electron chi connectivity index (χ0n) is 26.5. The Labute approximate surface area is 255 Å². The molecule has 0 aromatic rings. The van der Waals surface area contributed by atoms with E-state index in [1.54, 1.807) is 0 Å². The fourth-order valence-electron chi connectivity index (χ4n) is 5.42. The van der Waals surface area contributed by atoms with Gasteiger partial charge in [0.2, 0.25) is 0 Å². The van der Waals surface area contributed by atoms with E-state index in [1.807, 2.05) is 0 Å². The van der Waals surface area contributed by atoms with Crippen molar-refractivity contribution in [1.29, 1.82) is 0 Å². The van der Waals surface area contributed by atoms with Crippen molar-refractivity contribution in [3.8, 4) is 0 Å². The first kappa shape index (κ1) is 43.6. The van der Waals surface area contributed by atoms with Gasteiger partial charge in [0.25, 0.3) is 10.1 Å².